The average Bonchev–Trinajstić information content (AvgIpc) is 2.33. The monoisotopic (exact) mass is 257 g/mol. The molecular formula is C13H23NO4. The molecule has 0 bridgehead atoms. The minimum absolute atomic E-state index is 0.0843. The van der Waals surface area contributed by atoms with Crippen LogP contribution in [0.3, 0.4) is 0 Å². The van der Waals surface area contributed by atoms with Crippen molar-refractivity contribution in [1.82, 2.24) is 4.90 Å². The van der Waals surface area contributed by atoms with E-state index < -0.39 is 11.4 Å². The molecule has 2 rings (SSSR count). The van der Waals surface area contributed by atoms with Crippen molar-refractivity contribution in [3.8, 4) is 0 Å². The molecule has 1 N–H and O–H groups in total. The summed E-state index contributed by atoms with van der Waals surface area (Å²) in [6, 6.07) is 0. The zero-order valence-electron chi connectivity index (χ0n) is 11.3. The van der Waals surface area contributed by atoms with E-state index in [4.69, 9.17) is 9.47 Å². The molecule has 0 aromatic carbocycles. The Balaban J connectivity index is 2.10. The van der Waals surface area contributed by atoms with E-state index in [1.165, 1.54) is 0 Å². The van der Waals surface area contributed by atoms with Crippen LogP contribution in [0, 0.1) is 5.41 Å². The Morgan fingerprint density at radius 2 is 1.89 bits per heavy atom. The van der Waals surface area contributed by atoms with Crippen molar-refractivity contribution in [2.75, 3.05) is 39.5 Å². The van der Waals surface area contributed by atoms with Crippen LogP contribution in [0.25, 0.3) is 0 Å². The highest BCUT2D eigenvalue weighted by atomic mass is 16.5. The number of nitrogens with zero attached hydrogens (tertiary/aromatic N) is 1. The molecule has 2 aliphatic heterocycles. The third-order valence-electron chi connectivity index (χ3n) is 4.21. The highest BCUT2D eigenvalue weighted by Crippen LogP contribution is 2.34. The van der Waals surface area contributed by atoms with E-state index in [0.717, 1.165) is 6.54 Å². The molecule has 0 aromatic rings. The highest BCUT2D eigenvalue weighted by Gasteiger charge is 2.44. The van der Waals surface area contributed by atoms with Gasteiger partial charge in [0.1, 0.15) is 0 Å². The summed E-state index contributed by atoms with van der Waals surface area (Å²) in [7, 11) is 0. The van der Waals surface area contributed by atoms with Crippen molar-refractivity contribution < 1.29 is 19.4 Å². The molecule has 104 valence electrons. The summed E-state index contributed by atoms with van der Waals surface area (Å²) >= 11 is 0. The largest absolute Gasteiger partial charge is 0.481 e. The minimum Gasteiger partial charge on any atom is -0.481 e. The highest BCUT2D eigenvalue weighted by molar-refractivity contribution is 5.75. The van der Waals surface area contributed by atoms with Crippen LogP contribution in [0.1, 0.15) is 26.7 Å². The summed E-state index contributed by atoms with van der Waals surface area (Å²) in [5, 5.41) is 9.58. The first-order valence-corrected chi connectivity index (χ1v) is 6.60. The first-order chi connectivity index (χ1) is 8.46. The third-order valence-corrected chi connectivity index (χ3v) is 4.21. The summed E-state index contributed by atoms with van der Waals surface area (Å²) in [6.07, 6.45) is 1.21. The molecule has 2 aliphatic rings. The topological polar surface area (TPSA) is 59.0 Å². The van der Waals surface area contributed by atoms with Crippen LogP contribution in [0.5, 0.6) is 0 Å². The predicted octanol–water partition coefficient (Wildman–Crippen LogP) is 0.979. The van der Waals surface area contributed by atoms with Gasteiger partial charge in [0.25, 0.3) is 0 Å². The number of carbonyl (C=O) groups is 1. The van der Waals surface area contributed by atoms with Crippen LogP contribution in [-0.2, 0) is 14.3 Å². The quantitative estimate of drug-likeness (QED) is 0.816. The first-order valence-electron chi connectivity index (χ1n) is 6.60. The number of aliphatic carboxylic acids is 1. The van der Waals surface area contributed by atoms with Crippen molar-refractivity contribution in [2.45, 2.75) is 32.2 Å². The van der Waals surface area contributed by atoms with Gasteiger partial charge < -0.3 is 14.6 Å². The number of morpholine rings is 1. The van der Waals surface area contributed by atoms with Gasteiger partial charge in [0, 0.05) is 31.8 Å². The van der Waals surface area contributed by atoms with Crippen LogP contribution < -0.4 is 0 Å². The predicted molar refractivity (Wildman–Crippen MR) is 66.6 cm³/mol. The van der Waals surface area contributed by atoms with Gasteiger partial charge in [-0.25, -0.2) is 0 Å². The molecule has 18 heavy (non-hydrogen) atoms. The van der Waals surface area contributed by atoms with Crippen molar-refractivity contribution >= 4 is 5.97 Å². The Bertz CT molecular complexity index is 310. The zero-order chi connectivity index (χ0) is 13.2. The van der Waals surface area contributed by atoms with Crippen LogP contribution in [-0.4, -0.2) is 61.0 Å². The fourth-order valence-electron chi connectivity index (χ4n) is 2.75. The molecule has 0 amide bonds. The van der Waals surface area contributed by atoms with Gasteiger partial charge in [-0.3, -0.25) is 9.69 Å². The molecule has 2 heterocycles. The maximum atomic E-state index is 11.6. The number of hydrogen-bond donors (Lipinski definition) is 1. The molecule has 5 heteroatoms. The fourth-order valence-corrected chi connectivity index (χ4v) is 2.75. The zero-order valence-corrected chi connectivity index (χ0v) is 11.3. The second-order valence-electron chi connectivity index (χ2n) is 5.98. The lowest BCUT2D eigenvalue weighted by molar-refractivity contribution is -0.161. The third kappa shape index (κ3) is 2.68. The van der Waals surface area contributed by atoms with Gasteiger partial charge in [-0.05, 0) is 26.7 Å². The lowest BCUT2D eigenvalue weighted by Crippen LogP contribution is -2.58. The molecule has 2 fully saturated rings. The van der Waals surface area contributed by atoms with Crippen molar-refractivity contribution in [3.05, 3.63) is 0 Å². The van der Waals surface area contributed by atoms with Crippen LogP contribution in [0.15, 0.2) is 0 Å². The Morgan fingerprint density at radius 1 is 1.22 bits per heavy atom. The molecule has 0 atom stereocenters. The smallest absolute Gasteiger partial charge is 0.311 e. The fraction of sp³-hybridized carbons (Fsp3) is 0.923. The van der Waals surface area contributed by atoms with E-state index in [9.17, 15) is 9.90 Å². The summed E-state index contributed by atoms with van der Waals surface area (Å²) in [5.41, 5.74) is -0.730. The molecule has 0 unspecified atom stereocenters. The van der Waals surface area contributed by atoms with Crippen LogP contribution >= 0.6 is 0 Å². The Kier molecular flexibility index (Phi) is 3.94. The van der Waals surface area contributed by atoms with E-state index in [2.05, 4.69) is 18.7 Å². The second kappa shape index (κ2) is 5.15. The summed E-state index contributed by atoms with van der Waals surface area (Å²) in [5.74, 6) is -0.687. The molecular weight excluding hydrogens is 234 g/mol. The molecule has 0 aliphatic carbocycles. The average molecular weight is 257 g/mol. The Hall–Kier alpha value is -0.650. The van der Waals surface area contributed by atoms with E-state index in [1.54, 1.807) is 0 Å². The van der Waals surface area contributed by atoms with E-state index in [-0.39, 0.29) is 5.54 Å². The number of hydrogen-bond acceptors (Lipinski definition) is 4. The first kappa shape index (κ1) is 13.8. The van der Waals surface area contributed by atoms with Gasteiger partial charge in [0.2, 0.25) is 0 Å². The van der Waals surface area contributed by atoms with Gasteiger partial charge >= 0.3 is 5.97 Å². The maximum absolute atomic E-state index is 11.6. The van der Waals surface area contributed by atoms with Crippen LogP contribution in [0.4, 0.5) is 0 Å². The van der Waals surface area contributed by atoms with Gasteiger partial charge in [0.05, 0.1) is 18.6 Å². The maximum Gasteiger partial charge on any atom is 0.311 e. The SMILES string of the molecule is CC1(C)COCCN1CC1(C(=O)O)CCOCC1. The van der Waals surface area contributed by atoms with Gasteiger partial charge in [0.15, 0.2) is 0 Å². The Labute approximate surface area is 108 Å². The summed E-state index contributed by atoms with van der Waals surface area (Å²) < 4.78 is 10.8. The number of carboxylic acids is 1. The minimum atomic E-state index is -0.687. The second-order valence-corrected chi connectivity index (χ2v) is 5.98. The molecule has 5 nitrogen and oxygen atoms in total. The van der Waals surface area contributed by atoms with E-state index in [1.807, 2.05) is 0 Å². The van der Waals surface area contributed by atoms with Gasteiger partial charge in [-0.15, -0.1) is 0 Å². The molecule has 0 saturated carbocycles. The molecule has 0 radical (unpaired) electrons. The standard InChI is InChI=1S/C13H23NO4/c1-12(2)10-18-8-5-14(12)9-13(11(15)16)3-6-17-7-4-13/h3-10H2,1-2H3,(H,15,16). The number of ether oxygens (including phenoxy) is 2. The normalized spacial score (nSPS) is 27.9. The van der Waals surface area contributed by atoms with Gasteiger partial charge in [-0.2, -0.15) is 0 Å². The lowest BCUT2D eigenvalue weighted by atomic mass is 9.78. The van der Waals surface area contributed by atoms with E-state index >= 15 is 0 Å². The van der Waals surface area contributed by atoms with Gasteiger partial charge in [-0.1, -0.05) is 0 Å². The van der Waals surface area contributed by atoms with E-state index in [0.29, 0.717) is 45.8 Å². The Morgan fingerprint density at radius 3 is 2.44 bits per heavy atom. The summed E-state index contributed by atoms with van der Waals surface area (Å²) in [6.45, 7) is 8.09. The summed E-state index contributed by atoms with van der Waals surface area (Å²) in [4.78, 5) is 13.9. The van der Waals surface area contributed by atoms with Crippen LogP contribution in [0.2, 0.25) is 0 Å². The molecule has 0 aromatic heterocycles. The van der Waals surface area contributed by atoms with Crippen molar-refractivity contribution in [1.29, 1.82) is 0 Å². The van der Waals surface area contributed by atoms with Crippen molar-refractivity contribution in [2.24, 2.45) is 5.41 Å². The van der Waals surface area contributed by atoms with Crippen molar-refractivity contribution in [3.63, 3.8) is 0 Å². The lowest BCUT2D eigenvalue weighted by Gasteiger charge is -2.47. The molecule has 0 spiro atoms. The molecule has 2 saturated heterocycles. The number of rotatable bonds is 3. The number of carboxylic acid groups (broad SMARTS) is 1.